The lowest BCUT2D eigenvalue weighted by Crippen LogP contribution is -2.19. The standard InChI is InChI=1S/C13H11ClN6O4S/c14-6-11(22)16-13-19-18-12(25-13)5-10(21)17-15-7-8-1-3-9(4-2-8)20(23)24/h1-4,7H,5-6H2,(H,17,21)(H,16,19,22)/b15-7-. The summed E-state index contributed by atoms with van der Waals surface area (Å²) < 4.78 is 0. The quantitative estimate of drug-likeness (QED) is 0.320. The monoisotopic (exact) mass is 382 g/mol. The summed E-state index contributed by atoms with van der Waals surface area (Å²) in [6.45, 7) is 0. The minimum Gasteiger partial charge on any atom is -0.299 e. The lowest BCUT2D eigenvalue weighted by atomic mass is 10.2. The molecule has 2 rings (SSSR count). The minimum atomic E-state index is -0.505. The van der Waals surface area contributed by atoms with Gasteiger partial charge in [-0.2, -0.15) is 5.10 Å². The Kier molecular flexibility index (Phi) is 6.48. The molecule has 0 unspecified atom stereocenters. The average Bonchev–Trinajstić information content (AvgIpc) is 3.01. The van der Waals surface area contributed by atoms with Gasteiger partial charge >= 0.3 is 0 Å². The Labute approximate surface area is 150 Å². The van der Waals surface area contributed by atoms with Crippen molar-refractivity contribution in [2.75, 3.05) is 11.2 Å². The number of hydrogen-bond acceptors (Lipinski definition) is 8. The van der Waals surface area contributed by atoms with Crippen LogP contribution in [-0.4, -0.2) is 39.0 Å². The molecule has 2 N–H and O–H groups in total. The molecule has 0 aliphatic rings. The molecule has 25 heavy (non-hydrogen) atoms. The molecule has 10 nitrogen and oxygen atoms in total. The number of aromatic nitrogens is 2. The molecule has 12 heteroatoms. The lowest BCUT2D eigenvalue weighted by molar-refractivity contribution is -0.384. The van der Waals surface area contributed by atoms with Crippen molar-refractivity contribution < 1.29 is 14.5 Å². The molecule has 1 aromatic carbocycles. The van der Waals surface area contributed by atoms with Gasteiger partial charge in [0, 0.05) is 12.1 Å². The van der Waals surface area contributed by atoms with Gasteiger partial charge in [-0.25, -0.2) is 5.43 Å². The summed E-state index contributed by atoms with van der Waals surface area (Å²) in [5, 5.41) is 24.9. The van der Waals surface area contributed by atoms with E-state index in [2.05, 4.69) is 26.0 Å². The summed E-state index contributed by atoms with van der Waals surface area (Å²) in [6, 6.07) is 5.68. The molecule has 0 fully saturated rings. The fourth-order valence-electron chi connectivity index (χ4n) is 1.57. The number of amides is 2. The fourth-order valence-corrected chi connectivity index (χ4v) is 2.39. The van der Waals surface area contributed by atoms with Gasteiger partial charge in [-0.05, 0) is 17.7 Å². The van der Waals surface area contributed by atoms with Gasteiger partial charge in [0.15, 0.2) is 0 Å². The lowest BCUT2D eigenvalue weighted by Gasteiger charge is -1.97. The van der Waals surface area contributed by atoms with Gasteiger partial charge in [0.1, 0.15) is 10.9 Å². The van der Waals surface area contributed by atoms with Gasteiger partial charge < -0.3 is 0 Å². The number of hydrazone groups is 1. The van der Waals surface area contributed by atoms with Crippen LogP contribution in [-0.2, 0) is 16.0 Å². The van der Waals surface area contributed by atoms with Gasteiger partial charge in [0.05, 0.1) is 17.6 Å². The third-order valence-electron chi connectivity index (χ3n) is 2.65. The van der Waals surface area contributed by atoms with Gasteiger partial charge in [-0.3, -0.25) is 25.0 Å². The number of nitrogens with zero attached hydrogens (tertiary/aromatic N) is 4. The van der Waals surface area contributed by atoms with Crippen molar-refractivity contribution in [3.63, 3.8) is 0 Å². The van der Waals surface area contributed by atoms with E-state index in [1.807, 2.05) is 0 Å². The van der Waals surface area contributed by atoms with E-state index in [0.29, 0.717) is 10.6 Å². The van der Waals surface area contributed by atoms with Crippen LogP contribution in [0, 0.1) is 10.1 Å². The topological polar surface area (TPSA) is 139 Å². The maximum Gasteiger partial charge on any atom is 0.269 e. The molecule has 0 bridgehead atoms. The molecule has 2 amide bonds. The van der Waals surface area contributed by atoms with Crippen LogP contribution in [0.1, 0.15) is 10.6 Å². The number of alkyl halides is 1. The summed E-state index contributed by atoms with van der Waals surface area (Å²) >= 11 is 6.41. The Balaban J connectivity index is 1.84. The van der Waals surface area contributed by atoms with E-state index in [9.17, 15) is 19.7 Å². The molecule has 2 aromatic rings. The van der Waals surface area contributed by atoms with Crippen LogP contribution in [0.2, 0.25) is 0 Å². The molecule has 0 saturated carbocycles. The zero-order valence-electron chi connectivity index (χ0n) is 12.5. The number of carbonyl (C=O) groups excluding carboxylic acids is 2. The van der Waals surface area contributed by atoms with Crippen LogP contribution in [0.3, 0.4) is 0 Å². The molecule has 130 valence electrons. The number of hydrogen-bond donors (Lipinski definition) is 2. The molecule has 0 aliphatic heterocycles. The maximum absolute atomic E-state index is 11.7. The number of rotatable bonds is 7. The highest BCUT2D eigenvalue weighted by molar-refractivity contribution is 7.15. The van der Waals surface area contributed by atoms with Gasteiger partial charge in [-0.15, -0.1) is 21.8 Å². The molecule has 0 saturated heterocycles. The van der Waals surface area contributed by atoms with Crippen LogP contribution >= 0.6 is 22.9 Å². The number of benzene rings is 1. The Morgan fingerprint density at radius 3 is 2.64 bits per heavy atom. The predicted molar refractivity (Wildman–Crippen MR) is 91.8 cm³/mol. The second kappa shape index (κ2) is 8.80. The first-order chi connectivity index (χ1) is 12.0. The van der Waals surface area contributed by atoms with E-state index in [1.165, 1.54) is 30.5 Å². The van der Waals surface area contributed by atoms with E-state index in [0.717, 1.165) is 11.3 Å². The number of halogens is 1. The second-order valence-corrected chi connectivity index (χ2v) is 5.83. The average molecular weight is 383 g/mol. The Morgan fingerprint density at radius 2 is 2.00 bits per heavy atom. The third-order valence-corrected chi connectivity index (χ3v) is 3.73. The van der Waals surface area contributed by atoms with Crippen LogP contribution in [0.15, 0.2) is 29.4 Å². The van der Waals surface area contributed by atoms with Crippen molar-refractivity contribution in [2.45, 2.75) is 6.42 Å². The van der Waals surface area contributed by atoms with Crippen molar-refractivity contribution in [2.24, 2.45) is 5.10 Å². The van der Waals surface area contributed by atoms with E-state index < -0.39 is 16.7 Å². The fraction of sp³-hybridized carbons (Fsp3) is 0.154. The zero-order chi connectivity index (χ0) is 18.2. The molecular formula is C13H11ClN6O4S. The normalized spacial score (nSPS) is 10.6. The Bertz CT molecular complexity index is 807. The highest BCUT2D eigenvalue weighted by Gasteiger charge is 2.10. The van der Waals surface area contributed by atoms with Crippen molar-refractivity contribution in [1.29, 1.82) is 0 Å². The third kappa shape index (κ3) is 5.90. The first kappa shape index (κ1) is 18.4. The molecule has 0 aliphatic carbocycles. The largest absolute Gasteiger partial charge is 0.299 e. The van der Waals surface area contributed by atoms with Crippen LogP contribution in [0.5, 0.6) is 0 Å². The van der Waals surface area contributed by atoms with Crippen LogP contribution in [0.4, 0.5) is 10.8 Å². The first-order valence-corrected chi connectivity index (χ1v) is 8.07. The summed E-state index contributed by atoms with van der Waals surface area (Å²) in [5.74, 6) is -1.04. The van der Waals surface area contributed by atoms with Gasteiger partial charge in [0.2, 0.25) is 16.9 Å². The van der Waals surface area contributed by atoms with Crippen molar-refractivity contribution >= 4 is 51.8 Å². The van der Waals surface area contributed by atoms with E-state index in [4.69, 9.17) is 11.6 Å². The first-order valence-electron chi connectivity index (χ1n) is 6.72. The summed E-state index contributed by atoms with van der Waals surface area (Å²) in [5.41, 5.74) is 2.86. The molecule has 0 spiro atoms. The number of anilines is 1. The van der Waals surface area contributed by atoms with E-state index in [-0.39, 0.29) is 23.1 Å². The van der Waals surface area contributed by atoms with Crippen molar-refractivity contribution in [1.82, 2.24) is 15.6 Å². The van der Waals surface area contributed by atoms with Crippen molar-refractivity contribution in [3.8, 4) is 0 Å². The molecule has 0 radical (unpaired) electrons. The summed E-state index contributed by atoms with van der Waals surface area (Å²) in [4.78, 5) is 32.9. The number of nitrogens with one attached hydrogen (secondary N) is 2. The molecule has 1 heterocycles. The smallest absolute Gasteiger partial charge is 0.269 e. The Morgan fingerprint density at radius 1 is 1.28 bits per heavy atom. The second-order valence-electron chi connectivity index (χ2n) is 4.50. The number of nitro groups is 1. The number of carbonyl (C=O) groups is 2. The van der Waals surface area contributed by atoms with Crippen LogP contribution in [0.25, 0.3) is 0 Å². The predicted octanol–water partition coefficient (Wildman–Crippen LogP) is 1.32. The van der Waals surface area contributed by atoms with E-state index >= 15 is 0 Å². The summed E-state index contributed by atoms with van der Waals surface area (Å²) in [7, 11) is 0. The maximum atomic E-state index is 11.7. The Hall–Kier alpha value is -2.92. The highest BCUT2D eigenvalue weighted by Crippen LogP contribution is 2.15. The highest BCUT2D eigenvalue weighted by atomic mass is 35.5. The molecule has 0 atom stereocenters. The number of nitro benzene ring substituents is 1. The SMILES string of the molecule is O=C(Cc1nnc(NC(=O)CCl)s1)N/N=C\c1ccc([N+](=O)[O-])cc1. The molecule has 1 aromatic heterocycles. The van der Waals surface area contributed by atoms with Gasteiger partial charge in [0.25, 0.3) is 5.69 Å². The van der Waals surface area contributed by atoms with Crippen LogP contribution < -0.4 is 10.7 Å². The van der Waals surface area contributed by atoms with E-state index in [1.54, 1.807) is 0 Å². The summed E-state index contributed by atoms with van der Waals surface area (Å²) in [6.07, 6.45) is 1.29. The van der Waals surface area contributed by atoms with Crippen molar-refractivity contribution in [3.05, 3.63) is 45.0 Å². The zero-order valence-corrected chi connectivity index (χ0v) is 14.1. The van der Waals surface area contributed by atoms with Gasteiger partial charge in [-0.1, -0.05) is 11.3 Å². The molecular weight excluding hydrogens is 372 g/mol. The number of non-ortho nitro benzene ring substituents is 1. The minimum absolute atomic E-state index is 0.0329.